The number of rotatable bonds is 5. The van der Waals surface area contributed by atoms with Gasteiger partial charge in [0.05, 0.1) is 12.6 Å². The van der Waals surface area contributed by atoms with Gasteiger partial charge in [0.15, 0.2) is 0 Å². The van der Waals surface area contributed by atoms with E-state index in [9.17, 15) is 9.18 Å². The lowest BCUT2D eigenvalue weighted by atomic mass is 10.0. The first-order chi connectivity index (χ1) is 12.5. The molecule has 0 radical (unpaired) electrons. The monoisotopic (exact) mass is 350 g/mol. The molecular formula is C21H19FN2O2. The number of hydrazone groups is 1. The van der Waals surface area contributed by atoms with Crippen LogP contribution in [0.25, 0.3) is 11.3 Å². The molecule has 4 nitrogen and oxygen atoms in total. The van der Waals surface area contributed by atoms with Crippen molar-refractivity contribution in [2.45, 2.75) is 20.3 Å². The van der Waals surface area contributed by atoms with Crippen LogP contribution in [0, 0.1) is 19.7 Å². The number of amides is 1. The van der Waals surface area contributed by atoms with Gasteiger partial charge in [0.1, 0.15) is 17.3 Å². The maximum Gasteiger partial charge on any atom is 0.244 e. The van der Waals surface area contributed by atoms with E-state index in [1.165, 1.54) is 23.9 Å². The zero-order valence-electron chi connectivity index (χ0n) is 14.6. The van der Waals surface area contributed by atoms with Crippen molar-refractivity contribution in [3.63, 3.8) is 0 Å². The van der Waals surface area contributed by atoms with E-state index >= 15 is 0 Å². The lowest BCUT2D eigenvalue weighted by Crippen LogP contribution is -2.20. The van der Waals surface area contributed by atoms with Gasteiger partial charge in [0.25, 0.3) is 0 Å². The van der Waals surface area contributed by atoms with E-state index in [1.807, 2.05) is 32.0 Å². The van der Waals surface area contributed by atoms with E-state index in [0.29, 0.717) is 11.5 Å². The van der Waals surface area contributed by atoms with E-state index in [1.54, 1.807) is 24.3 Å². The normalized spacial score (nSPS) is 11.0. The predicted molar refractivity (Wildman–Crippen MR) is 99.5 cm³/mol. The van der Waals surface area contributed by atoms with Crippen LogP contribution in [0.3, 0.4) is 0 Å². The lowest BCUT2D eigenvalue weighted by molar-refractivity contribution is -0.120. The zero-order chi connectivity index (χ0) is 18.5. The van der Waals surface area contributed by atoms with E-state index in [2.05, 4.69) is 10.5 Å². The molecule has 3 aromatic rings. The van der Waals surface area contributed by atoms with Crippen LogP contribution in [0.1, 0.15) is 22.5 Å². The number of aryl methyl sites for hydroxylation is 2. The molecule has 1 amide bonds. The summed E-state index contributed by atoms with van der Waals surface area (Å²) in [5.74, 6) is 0.608. The smallest absolute Gasteiger partial charge is 0.244 e. The van der Waals surface area contributed by atoms with Crippen molar-refractivity contribution in [3.05, 3.63) is 82.9 Å². The molecule has 0 aliphatic heterocycles. The summed E-state index contributed by atoms with van der Waals surface area (Å²) in [7, 11) is 0. The Morgan fingerprint density at radius 2 is 1.88 bits per heavy atom. The average molecular weight is 350 g/mol. The molecule has 0 saturated carbocycles. The summed E-state index contributed by atoms with van der Waals surface area (Å²) in [5.41, 5.74) is 6.49. The van der Waals surface area contributed by atoms with Gasteiger partial charge in [-0.25, -0.2) is 9.82 Å². The van der Waals surface area contributed by atoms with E-state index in [4.69, 9.17) is 4.42 Å². The molecule has 0 spiro atoms. The van der Waals surface area contributed by atoms with Crippen LogP contribution in [0.15, 0.2) is 64.1 Å². The van der Waals surface area contributed by atoms with Gasteiger partial charge in [-0.05, 0) is 61.4 Å². The summed E-state index contributed by atoms with van der Waals surface area (Å²) in [6.07, 6.45) is 1.70. The zero-order valence-corrected chi connectivity index (χ0v) is 14.6. The van der Waals surface area contributed by atoms with Crippen LogP contribution in [0.5, 0.6) is 0 Å². The Kier molecular flexibility index (Phi) is 5.27. The van der Waals surface area contributed by atoms with Crippen molar-refractivity contribution >= 4 is 12.1 Å². The molecule has 0 bridgehead atoms. The highest BCUT2D eigenvalue weighted by atomic mass is 19.1. The quantitative estimate of drug-likeness (QED) is 0.548. The van der Waals surface area contributed by atoms with Crippen molar-refractivity contribution in [2.75, 3.05) is 0 Å². The minimum absolute atomic E-state index is 0.196. The minimum atomic E-state index is -0.298. The topological polar surface area (TPSA) is 54.6 Å². The Hall–Kier alpha value is -3.21. The summed E-state index contributed by atoms with van der Waals surface area (Å²) in [5, 5.41) is 3.93. The van der Waals surface area contributed by atoms with E-state index in [0.717, 1.165) is 16.7 Å². The number of hydrogen-bond acceptors (Lipinski definition) is 3. The number of halogens is 1. The molecule has 26 heavy (non-hydrogen) atoms. The van der Waals surface area contributed by atoms with Crippen LogP contribution in [-0.4, -0.2) is 12.1 Å². The van der Waals surface area contributed by atoms with Crippen LogP contribution in [0.4, 0.5) is 4.39 Å². The first-order valence-electron chi connectivity index (χ1n) is 8.25. The third-order valence-corrected chi connectivity index (χ3v) is 3.99. The van der Waals surface area contributed by atoms with Crippen molar-refractivity contribution < 1.29 is 13.6 Å². The molecule has 5 heteroatoms. The largest absolute Gasteiger partial charge is 0.455 e. The van der Waals surface area contributed by atoms with E-state index < -0.39 is 0 Å². The number of nitrogens with one attached hydrogen (secondary N) is 1. The Labute approximate surface area is 151 Å². The maximum absolute atomic E-state index is 13.0. The summed E-state index contributed by atoms with van der Waals surface area (Å²) in [4.78, 5) is 12.0. The molecule has 3 rings (SSSR count). The summed E-state index contributed by atoms with van der Waals surface area (Å²) in [6, 6.07) is 15.5. The molecule has 0 fully saturated rings. The van der Waals surface area contributed by atoms with Gasteiger partial charge < -0.3 is 4.42 Å². The Morgan fingerprint density at radius 3 is 2.62 bits per heavy atom. The molecule has 1 aromatic heterocycles. The molecule has 0 aliphatic rings. The minimum Gasteiger partial charge on any atom is -0.455 e. The van der Waals surface area contributed by atoms with Crippen molar-refractivity contribution in [3.8, 4) is 11.3 Å². The lowest BCUT2D eigenvalue weighted by Gasteiger charge is -2.05. The van der Waals surface area contributed by atoms with Crippen LogP contribution >= 0.6 is 0 Å². The van der Waals surface area contributed by atoms with Crippen LogP contribution < -0.4 is 5.43 Å². The molecular weight excluding hydrogens is 331 g/mol. The summed E-state index contributed by atoms with van der Waals surface area (Å²) >= 11 is 0. The SMILES string of the molecule is Cc1ccc(CC(=O)N/N=C\c2ccc(-c3ccc(F)cc3)o2)c(C)c1. The molecule has 0 atom stereocenters. The maximum atomic E-state index is 13.0. The molecule has 0 saturated heterocycles. The second kappa shape index (κ2) is 7.78. The second-order valence-corrected chi connectivity index (χ2v) is 6.11. The van der Waals surface area contributed by atoms with Gasteiger partial charge in [-0.2, -0.15) is 5.10 Å². The van der Waals surface area contributed by atoms with Crippen LogP contribution in [-0.2, 0) is 11.2 Å². The second-order valence-electron chi connectivity index (χ2n) is 6.11. The molecule has 1 N–H and O–H groups in total. The molecule has 0 unspecified atom stereocenters. The number of furan rings is 1. The Morgan fingerprint density at radius 1 is 1.12 bits per heavy atom. The first kappa shape index (κ1) is 17.6. The first-order valence-corrected chi connectivity index (χ1v) is 8.25. The Balaban J connectivity index is 1.58. The molecule has 1 heterocycles. The number of benzene rings is 2. The third kappa shape index (κ3) is 4.45. The van der Waals surface area contributed by atoms with Gasteiger partial charge >= 0.3 is 0 Å². The Bertz CT molecular complexity index is 943. The van der Waals surface area contributed by atoms with Gasteiger partial charge in [0, 0.05) is 5.56 Å². The fraction of sp³-hybridized carbons (Fsp3) is 0.143. The number of carbonyl (C=O) groups excluding carboxylic acids is 1. The van der Waals surface area contributed by atoms with Crippen LogP contribution in [0.2, 0.25) is 0 Å². The number of nitrogens with zero attached hydrogens (tertiary/aromatic N) is 1. The number of hydrogen-bond donors (Lipinski definition) is 1. The molecule has 2 aromatic carbocycles. The third-order valence-electron chi connectivity index (χ3n) is 3.99. The standard InChI is InChI=1S/C21H19FN2O2/c1-14-3-4-17(15(2)11-14)12-21(25)24-23-13-19-9-10-20(26-19)16-5-7-18(22)8-6-16/h3-11,13H,12H2,1-2H3,(H,24,25)/b23-13-. The van der Waals surface area contributed by atoms with Gasteiger partial charge in [-0.15, -0.1) is 0 Å². The highest BCUT2D eigenvalue weighted by Gasteiger charge is 2.06. The van der Waals surface area contributed by atoms with E-state index in [-0.39, 0.29) is 18.1 Å². The van der Waals surface area contributed by atoms with Gasteiger partial charge in [0.2, 0.25) is 5.91 Å². The predicted octanol–water partition coefficient (Wildman–Crippen LogP) is 4.40. The van der Waals surface area contributed by atoms with Crippen molar-refractivity contribution in [2.24, 2.45) is 5.10 Å². The van der Waals surface area contributed by atoms with Crippen molar-refractivity contribution in [1.29, 1.82) is 0 Å². The highest BCUT2D eigenvalue weighted by Crippen LogP contribution is 2.21. The molecule has 132 valence electrons. The summed E-state index contributed by atoms with van der Waals surface area (Å²) in [6.45, 7) is 4.00. The fourth-order valence-electron chi connectivity index (χ4n) is 2.62. The fourth-order valence-corrected chi connectivity index (χ4v) is 2.62. The highest BCUT2D eigenvalue weighted by molar-refractivity contribution is 5.82. The van der Waals surface area contributed by atoms with Crippen molar-refractivity contribution in [1.82, 2.24) is 5.43 Å². The van der Waals surface area contributed by atoms with Gasteiger partial charge in [-0.3, -0.25) is 4.79 Å². The molecule has 0 aliphatic carbocycles. The summed E-state index contributed by atoms with van der Waals surface area (Å²) < 4.78 is 18.6. The number of carbonyl (C=O) groups is 1. The average Bonchev–Trinajstić information content (AvgIpc) is 3.07. The van der Waals surface area contributed by atoms with Gasteiger partial charge in [-0.1, -0.05) is 23.8 Å².